The van der Waals surface area contributed by atoms with Crippen molar-refractivity contribution in [2.45, 2.75) is 51.0 Å². The molecule has 2 fully saturated rings. The fourth-order valence-electron chi connectivity index (χ4n) is 4.90. The third kappa shape index (κ3) is 5.01. The van der Waals surface area contributed by atoms with Crippen molar-refractivity contribution in [3.63, 3.8) is 0 Å². The number of carbonyl (C=O) groups excluding carboxylic acids is 2. The number of nitrogens with one attached hydrogen (secondary N) is 2. The number of anilines is 2. The number of rotatable bonds is 5. The van der Waals surface area contributed by atoms with Gasteiger partial charge in [0.1, 0.15) is 5.75 Å². The molecule has 2 aromatic carbocycles. The van der Waals surface area contributed by atoms with Gasteiger partial charge in [0.05, 0.1) is 12.8 Å². The molecule has 1 heterocycles. The van der Waals surface area contributed by atoms with Crippen LogP contribution in [0, 0.1) is 5.92 Å². The lowest BCUT2D eigenvalue weighted by Gasteiger charge is -2.34. The normalized spacial score (nSPS) is 19.1. The first-order chi connectivity index (χ1) is 15.2. The molecular formula is C25H31N3O3. The van der Waals surface area contributed by atoms with Gasteiger partial charge in [0.15, 0.2) is 0 Å². The van der Waals surface area contributed by atoms with E-state index in [1.165, 1.54) is 32.1 Å². The van der Waals surface area contributed by atoms with Gasteiger partial charge < -0.3 is 20.3 Å². The fraction of sp³-hybridized carbons (Fsp3) is 0.440. The smallest absolute Gasteiger partial charge is 0.322 e. The standard InChI is InChI=1S/C25H31N3O3/c1-31-23-12-6-5-10-21(23)27-24(29)19-13-15-20(16-14-19)26-25(30)28-17-7-11-22(28)18-8-3-2-4-9-18/h5-6,10,12-16,18,22H,2-4,7-9,11,17H2,1H3,(H,26,30)(H,27,29). The molecule has 0 aromatic heterocycles. The summed E-state index contributed by atoms with van der Waals surface area (Å²) in [4.78, 5) is 27.5. The Balaban J connectivity index is 1.36. The van der Waals surface area contributed by atoms with Crippen molar-refractivity contribution in [1.29, 1.82) is 0 Å². The summed E-state index contributed by atoms with van der Waals surface area (Å²) in [5, 5.41) is 5.89. The summed E-state index contributed by atoms with van der Waals surface area (Å²) in [5.41, 5.74) is 1.84. The average Bonchev–Trinajstić information content (AvgIpc) is 3.31. The molecule has 1 atom stereocenters. The van der Waals surface area contributed by atoms with Gasteiger partial charge in [-0.3, -0.25) is 4.79 Å². The summed E-state index contributed by atoms with van der Waals surface area (Å²) >= 11 is 0. The minimum atomic E-state index is -0.223. The van der Waals surface area contributed by atoms with Crippen molar-refractivity contribution in [1.82, 2.24) is 4.90 Å². The molecule has 0 radical (unpaired) electrons. The van der Waals surface area contributed by atoms with Crippen LogP contribution in [0.4, 0.5) is 16.2 Å². The van der Waals surface area contributed by atoms with Crippen LogP contribution in [0.1, 0.15) is 55.3 Å². The second-order valence-electron chi connectivity index (χ2n) is 8.46. The van der Waals surface area contributed by atoms with Crippen LogP contribution < -0.4 is 15.4 Å². The van der Waals surface area contributed by atoms with E-state index >= 15 is 0 Å². The molecule has 31 heavy (non-hydrogen) atoms. The van der Waals surface area contributed by atoms with Crippen molar-refractivity contribution >= 4 is 23.3 Å². The van der Waals surface area contributed by atoms with E-state index in [-0.39, 0.29) is 11.9 Å². The molecule has 164 valence electrons. The van der Waals surface area contributed by atoms with Crippen LogP contribution >= 0.6 is 0 Å². The Morgan fingerprint density at radius 3 is 2.39 bits per heavy atom. The fourth-order valence-corrected chi connectivity index (χ4v) is 4.90. The highest BCUT2D eigenvalue weighted by atomic mass is 16.5. The van der Waals surface area contributed by atoms with Gasteiger partial charge in [-0.25, -0.2) is 4.79 Å². The van der Waals surface area contributed by atoms with Crippen molar-refractivity contribution in [2.75, 3.05) is 24.3 Å². The quantitative estimate of drug-likeness (QED) is 0.667. The number of hydrogen-bond acceptors (Lipinski definition) is 3. The Labute approximate surface area is 184 Å². The molecule has 4 rings (SSSR count). The number of amides is 3. The molecule has 3 amide bonds. The molecule has 6 heteroatoms. The van der Waals surface area contributed by atoms with E-state index < -0.39 is 0 Å². The third-order valence-electron chi connectivity index (χ3n) is 6.51. The Bertz CT molecular complexity index is 906. The minimum absolute atomic E-state index is 0.0284. The van der Waals surface area contributed by atoms with Gasteiger partial charge in [-0.2, -0.15) is 0 Å². The number of urea groups is 1. The van der Waals surface area contributed by atoms with Crippen molar-refractivity contribution in [2.24, 2.45) is 5.92 Å². The number of likely N-dealkylation sites (tertiary alicyclic amines) is 1. The van der Waals surface area contributed by atoms with Crippen LogP contribution in [-0.2, 0) is 0 Å². The van der Waals surface area contributed by atoms with Crippen LogP contribution in [0.3, 0.4) is 0 Å². The van der Waals surface area contributed by atoms with E-state index in [1.54, 1.807) is 43.5 Å². The summed E-state index contributed by atoms with van der Waals surface area (Å²) in [7, 11) is 1.57. The highest BCUT2D eigenvalue weighted by Crippen LogP contribution is 2.34. The number of para-hydroxylation sites is 2. The lowest BCUT2D eigenvalue weighted by Crippen LogP contribution is -2.43. The van der Waals surface area contributed by atoms with Gasteiger partial charge in [-0.1, -0.05) is 31.4 Å². The number of carbonyl (C=O) groups is 2. The number of nitrogens with zero attached hydrogens (tertiary/aromatic N) is 1. The molecule has 0 spiro atoms. The molecular weight excluding hydrogens is 390 g/mol. The second-order valence-corrected chi connectivity index (χ2v) is 8.46. The first-order valence-corrected chi connectivity index (χ1v) is 11.3. The van der Waals surface area contributed by atoms with Crippen molar-refractivity contribution < 1.29 is 14.3 Å². The molecule has 1 saturated heterocycles. The predicted octanol–water partition coefficient (Wildman–Crippen LogP) is 5.52. The molecule has 1 saturated carbocycles. The van der Waals surface area contributed by atoms with E-state index in [0.29, 0.717) is 34.6 Å². The lowest BCUT2D eigenvalue weighted by molar-refractivity contribution is 0.102. The van der Waals surface area contributed by atoms with E-state index in [0.717, 1.165) is 19.4 Å². The molecule has 2 N–H and O–H groups in total. The molecule has 2 aromatic rings. The van der Waals surface area contributed by atoms with E-state index in [4.69, 9.17) is 4.74 Å². The topological polar surface area (TPSA) is 70.7 Å². The Morgan fingerprint density at radius 1 is 0.903 bits per heavy atom. The van der Waals surface area contributed by atoms with Gasteiger partial charge >= 0.3 is 6.03 Å². The first-order valence-electron chi connectivity index (χ1n) is 11.3. The van der Waals surface area contributed by atoms with E-state index in [2.05, 4.69) is 10.6 Å². The Kier molecular flexibility index (Phi) is 6.75. The van der Waals surface area contributed by atoms with Crippen LogP contribution in [0.25, 0.3) is 0 Å². The zero-order valence-electron chi connectivity index (χ0n) is 18.1. The molecule has 6 nitrogen and oxygen atoms in total. The first kappa shape index (κ1) is 21.2. The molecule has 0 bridgehead atoms. The monoisotopic (exact) mass is 421 g/mol. The van der Waals surface area contributed by atoms with Gasteiger partial charge in [0, 0.05) is 23.8 Å². The molecule has 1 aliphatic heterocycles. The van der Waals surface area contributed by atoms with Crippen LogP contribution in [-0.4, -0.2) is 36.5 Å². The number of ether oxygens (including phenoxy) is 1. The minimum Gasteiger partial charge on any atom is -0.495 e. The Hall–Kier alpha value is -3.02. The zero-order chi connectivity index (χ0) is 21.6. The van der Waals surface area contributed by atoms with E-state index in [1.807, 2.05) is 17.0 Å². The van der Waals surface area contributed by atoms with Gasteiger partial charge in [0.2, 0.25) is 0 Å². The van der Waals surface area contributed by atoms with Crippen LogP contribution in [0.2, 0.25) is 0 Å². The molecule has 1 aliphatic carbocycles. The average molecular weight is 422 g/mol. The molecule has 1 unspecified atom stereocenters. The van der Waals surface area contributed by atoms with Crippen molar-refractivity contribution in [3.8, 4) is 5.75 Å². The predicted molar refractivity (Wildman–Crippen MR) is 123 cm³/mol. The summed E-state index contributed by atoms with van der Waals surface area (Å²) in [5.74, 6) is 1.03. The van der Waals surface area contributed by atoms with Crippen LogP contribution in [0.5, 0.6) is 5.75 Å². The maximum absolute atomic E-state index is 12.9. The SMILES string of the molecule is COc1ccccc1NC(=O)c1ccc(NC(=O)N2CCCC2C2CCCCC2)cc1. The van der Waals surface area contributed by atoms with Gasteiger partial charge in [-0.05, 0) is 68.0 Å². The third-order valence-corrected chi connectivity index (χ3v) is 6.51. The largest absolute Gasteiger partial charge is 0.495 e. The maximum Gasteiger partial charge on any atom is 0.322 e. The van der Waals surface area contributed by atoms with Crippen LogP contribution in [0.15, 0.2) is 48.5 Å². The zero-order valence-corrected chi connectivity index (χ0v) is 18.1. The van der Waals surface area contributed by atoms with E-state index in [9.17, 15) is 9.59 Å². The number of benzene rings is 2. The van der Waals surface area contributed by atoms with Gasteiger partial charge in [-0.15, -0.1) is 0 Å². The summed E-state index contributed by atoms with van der Waals surface area (Å²) < 4.78 is 5.28. The highest BCUT2D eigenvalue weighted by Gasteiger charge is 2.35. The summed E-state index contributed by atoms with van der Waals surface area (Å²) in [6.07, 6.45) is 8.57. The van der Waals surface area contributed by atoms with Gasteiger partial charge in [0.25, 0.3) is 5.91 Å². The summed E-state index contributed by atoms with van der Waals surface area (Å²) in [6.45, 7) is 0.826. The van der Waals surface area contributed by atoms with Crippen molar-refractivity contribution in [3.05, 3.63) is 54.1 Å². The second kappa shape index (κ2) is 9.86. The number of methoxy groups -OCH3 is 1. The highest BCUT2D eigenvalue weighted by molar-refractivity contribution is 6.05. The Morgan fingerprint density at radius 2 is 1.65 bits per heavy atom. The summed E-state index contributed by atoms with van der Waals surface area (Å²) in [6, 6.07) is 14.6. The molecule has 2 aliphatic rings. The lowest BCUT2D eigenvalue weighted by atomic mass is 9.83. The maximum atomic E-state index is 12.9. The number of hydrogen-bond donors (Lipinski definition) is 2.